The van der Waals surface area contributed by atoms with Crippen molar-refractivity contribution in [3.63, 3.8) is 0 Å². The summed E-state index contributed by atoms with van der Waals surface area (Å²) in [7, 11) is 0. The Hall–Kier alpha value is -2.81. The number of fused-ring (bicyclic) bond motifs is 1. The van der Waals surface area contributed by atoms with E-state index in [-0.39, 0.29) is 24.7 Å². The lowest BCUT2D eigenvalue weighted by atomic mass is 9.90. The van der Waals surface area contributed by atoms with Crippen LogP contribution in [0.15, 0.2) is 36.8 Å². The molecule has 2 aliphatic rings. The minimum Gasteiger partial charge on any atom is -0.303 e. The van der Waals surface area contributed by atoms with Crippen LogP contribution in [0.4, 0.5) is 13.2 Å². The van der Waals surface area contributed by atoms with Gasteiger partial charge in [0.25, 0.3) is 0 Å². The van der Waals surface area contributed by atoms with Crippen LogP contribution in [0.2, 0.25) is 0 Å². The Morgan fingerprint density at radius 1 is 1.06 bits per heavy atom. The molecule has 0 atom stereocenters. The zero-order valence-corrected chi connectivity index (χ0v) is 18.3. The van der Waals surface area contributed by atoms with Crippen LogP contribution >= 0.6 is 0 Å². The standard InChI is InChI=1S/C24H26F3N5O/c25-24(26,27)7-10-31-8-5-16(6-9-31)22(33)12-23-28-13-18-2-1-17(11-21(18)30-23)19-14-29-32(15-19)20-3-4-20/h1-2,11,13-16,20H,3-10,12H2. The molecule has 1 aliphatic carbocycles. The highest BCUT2D eigenvalue weighted by Crippen LogP contribution is 2.35. The molecule has 0 radical (unpaired) electrons. The molecule has 6 nitrogen and oxygen atoms in total. The molecule has 0 bridgehead atoms. The van der Waals surface area contributed by atoms with Crippen molar-refractivity contribution in [1.29, 1.82) is 0 Å². The summed E-state index contributed by atoms with van der Waals surface area (Å²) in [6.07, 6.45) is 4.38. The first-order chi connectivity index (χ1) is 15.8. The van der Waals surface area contributed by atoms with E-state index in [1.165, 1.54) is 12.8 Å². The highest BCUT2D eigenvalue weighted by molar-refractivity contribution is 5.85. The molecule has 0 unspecified atom stereocenters. The zero-order valence-electron chi connectivity index (χ0n) is 18.3. The van der Waals surface area contributed by atoms with Gasteiger partial charge >= 0.3 is 6.18 Å². The Morgan fingerprint density at radius 3 is 2.58 bits per heavy atom. The maximum atomic E-state index is 12.8. The number of Topliss-reactive ketones (excluding diaryl/α,β-unsaturated/α-hetero) is 1. The van der Waals surface area contributed by atoms with Crippen molar-refractivity contribution in [2.45, 2.75) is 50.7 Å². The number of likely N-dealkylation sites (tertiary alicyclic amines) is 1. The lowest BCUT2D eigenvalue weighted by Gasteiger charge is -2.31. The van der Waals surface area contributed by atoms with Gasteiger partial charge in [-0.2, -0.15) is 18.3 Å². The van der Waals surface area contributed by atoms with Gasteiger partial charge in [-0.05, 0) is 50.4 Å². The highest BCUT2D eigenvalue weighted by atomic mass is 19.4. The van der Waals surface area contributed by atoms with Crippen LogP contribution in [0.3, 0.4) is 0 Å². The van der Waals surface area contributed by atoms with Crippen LogP contribution in [0.1, 0.15) is 44.0 Å². The Morgan fingerprint density at radius 2 is 1.85 bits per heavy atom. The number of halogens is 3. The van der Waals surface area contributed by atoms with Crippen molar-refractivity contribution in [3.05, 3.63) is 42.6 Å². The van der Waals surface area contributed by atoms with Crippen molar-refractivity contribution in [2.24, 2.45) is 5.92 Å². The lowest BCUT2D eigenvalue weighted by molar-refractivity contribution is -0.139. The maximum absolute atomic E-state index is 12.8. The Kier molecular flexibility index (Phi) is 5.90. The summed E-state index contributed by atoms with van der Waals surface area (Å²) < 4.78 is 39.3. The quantitative estimate of drug-likeness (QED) is 0.519. The lowest BCUT2D eigenvalue weighted by Crippen LogP contribution is -2.38. The minimum absolute atomic E-state index is 0.0000881. The highest BCUT2D eigenvalue weighted by Gasteiger charge is 2.30. The van der Waals surface area contributed by atoms with Crippen molar-refractivity contribution >= 4 is 16.7 Å². The Labute approximate surface area is 189 Å². The smallest absolute Gasteiger partial charge is 0.303 e. The van der Waals surface area contributed by atoms with Crippen molar-refractivity contribution in [3.8, 4) is 11.1 Å². The van der Waals surface area contributed by atoms with Crippen LogP contribution in [0.25, 0.3) is 22.0 Å². The Bertz CT molecular complexity index is 1150. The number of benzene rings is 1. The summed E-state index contributed by atoms with van der Waals surface area (Å²) in [5, 5.41) is 5.36. The van der Waals surface area contributed by atoms with Gasteiger partial charge in [-0.1, -0.05) is 12.1 Å². The SMILES string of the molecule is O=C(Cc1ncc2ccc(-c3cnn(C4CC4)c3)cc2n1)C1CCN(CCC(F)(F)F)CC1. The topological polar surface area (TPSA) is 63.9 Å². The van der Waals surface area contributed by atoms with E-state index in [1.807, 2.05) is 29.1 Å². The number of alkyl halides is 3. The third-order valence-corrected chi connectivity index (χ3v) is 6.58. The van der Waals surface area contributed by atoms with Crippen molar-refractivity contribution < 1.29 is 18.0 Å². The van der Waals surface area contributed by atoms with E-state index in [1.54, 1.807) is 11.1 Å². The number of hydrogen-bond acceptors (Lipinski definition) is 5. The fourth-order valence-corrected chi connectivity index (χ4v) is 4.42. The molecule has 3 heterocycles. The van der Waals surface area contributed by atoms with E-state index in [9.17, 15) is 18.0 Å². The van der Waals surface area contributed by atoms with Crippen LogP contribution in [0.5, 0.6) is 0 Å². The summed E-state index contributed by atoms with van der Waals surface area (Å²) >= 11 is 0. The monoisotopic (exact) mass is 457 g/mol. The number of ketones is 1. The first kappa shape index (κ1) is 22.0. The molecule has 3 aromatic rings. The molecular weight excluding hydrogens is 431 g/mol. The predicted octanol–water partition coefficient (Wildman–Crippen LogP) is 4.60. The fourth-order valence-electron chi connectivity index (χ4n) is 4.42. The molecular formula is C24H26F3N5O. The second kappa shape index (κ2) is 8.85. The van der Waals surface area contributed by atoms with Gasteiger partial charge in [-0.3, -0.25) is 9.48 Å². The average molecular weight is 458 g/mol. The van der Waals surface area contributed by atoms with Crippen molar-refractivity contribution in [2.75, 3.05) is 19.6 Å². The molecule has 2 aromatic heterocycles. The molecule has 1 saturated carbocycles. The van der Waals surface area contributed by atoms with Crippen LogP contribution in [-0.2, 0) is 11.2 Å². The third-order valence-electron chi connectivity index (χ3n) is 6.58. The maximum Gasteiger partial charge on any atom is 0.390 e. The van der Waals surface area contributed by atoms with Crippen LogP contribution in [-0.4, -0.2) is 56.2 Å². The second-order valence-electron chi connectivity index (χ2n) is 9.12. The minimum atomic E-state index is -4.14. The van der Waals surface area contributed by atoms with E-state index in [4.69, 9.17) is 0 Å². The van der Waals surface area contributed by atoms with Gasteiger partial charge in [0.05, 0.1) is 30.6 Å². The van der Waals surface area contributed by atoms with Gasteiger partial charge < -0.3 is 4.90 Å². The second-order valence-corrected chi connectivity index (χ2v) is 9.12. The van der Waals surface area contributed by atoms with Crippen molar-refractivity contribution in [1.82, 2.24) is 24.6 Å². The largest absolute Gasteiger partial charge is 0.390 e. The number of hydrogen-bond donors (Lipinski definition) is 0. The van der Waals surface area contributed by atoms with E-state index < -0.39 is 12.6 Å². The molecule has 33 heavy (non-hydrogen) atoms. The normalized spacial score (nSPS) is 18.2. The molecule has 1 aromatic carbocycles. The molecule has 1 saturated heterocycles. The number of carbonyl (C=O) groups excluding carboxylic acids is 1. The van der Waals surface area contributed by atoms with Gasteiger partial charge in [0.1, 0.15) is 11.6 Å². The number of nitrogens with zero attached hydrogens (tertiary/aromatic N) is 5. The van der Waals surface area contributed by atoms with Crippen LogP contribution in [0, 0.1) is 5.92 Å². The van der Waals surface area contributed by atoms with E-state index in [2.05, 4.69) is 21.3 Å². The summed E-state index contributed by atoms with van der Waals surface area (Å²) in [4.78, 5) is 23.6. The molecule has 2 fully saturated rings. The predicted molar refractivity (Wildman–Crippen MR) is 118 cm³/mol. The third kappa shape index (κ3) is 5.40. The van der Waals surface area contributed by atoms with Gasteiger partial charge in [0, 0.05) is 35.8 Å². The summed E-state index contributed by atoms with van der Waals surface area (Å²) in [6.45, 7) is 1.03. The molecule has 5 rings (SSSR count). The molecule has 0 N–H and O–H groups in total. The number of piperidine rings is 1. The summed E-state index contributed by atoms with van der Waals surface area (Å²) in [6, 6.07) is 6.52. The van der Waals surface area contributed by atoms with Gasteiger partial charge in [-0.15, -0.1) is 0 Å². The first-order valence-corrected chi connectivity index (χ1v) is 11.5. The first-order valence-electron chi connectivity index (χ1n) is 11.5. The number of aromatic nitrogens is 4. The summed E-state index contributed by atoms with van der Waals surface area (Å²) in [5.74, 6) is 0.399. The van der Waals surface area contributed by atoms with E-state index in [0.29, 0.717) is 37.8 Å². The van der Waals surface area contributed by atoms with Crippen LogP contribution < -0.4 is 0 Å². The molecule has 0 spiro atoms. The number of carbonyl (C=O) groups is 1. The molecule has 1 aliphatic heterocycles. The van der Waals surface area contributed by atoms with E-state index in [0.717, 1.165) is 22.0 Å². The van der Waals surface area contributed by atoms with E-state index >= 15 is 0 Å². The molecule has 0 amide bonds. The average Bonchev–Trinajstić information content (AvgIpc) is 3.53. The molecule has 174 valence electrons. The summed E-state index contributed by atoms with van der Waals surface area (Å²) in [5.41, 5.74) is 2.85. The Balaban J connectivity index is 1.22. The fraction of sp³-hybridized carbons (Fsp3) is 0.500. The number of rotatable bonds is 7. The van der Waals surface area contributed by atoms with Gasteiger partial charge in [0.2, 0.25) is 0 Å². The molecule has 9 heteroatoms. The van der Waals surface area contributed by atoms with Gasteiger partial charge in [-0.25, -0.2) is 9.97 Å². The van der Waals surface area contributed by atoms with Gasteiger partial charge in [0.15, 0.2) is 0 Å². The zero-order chi connectivity index (χ0) is 23.0.